The molecule has 2 amide bonds. The minimum absolute atomic E-state index is 0.00218. The van der Waals surface area contributed by atoms with Crippen molar-refractivity contribution in [3.8, 4) is 6.07 Å². The van der Waals surface area contributed by atoms with Crippen LogP contribution in [0.4, 0.5) is 4.79 Å². The van der Waals surface area contributed by atoms with Crippen LogP contribution >= 0.6 is 0 Å². The first-order valence-corrected chi connectivity index (χ1v) is 9.93. The van der Waals surface area contributed by atoms with Crippen LogP contribution in [0.5, 0.6) is 0 Å². The largest absolute Gasteiger partial charge is 0.338 e. The number of nitrogens with zero attached hydrogens (tertiary/aromatic N) is 3. The SMILES string of the molecule is N#C[C@H]1CCCN(C(=O)NCC2CCN(CCc3ccccc3)CC2)C1. The lowest BCUT2D eigenvalue weighted by molar-refractivity contribution is 0.163. The Morgan fingerprint density at radius 3 is 2.65 bits per heavy atom. The van der Waals surface area contributed by atoms with Crippen molar-refractivity contribution >= 4 is 6.03 Å². The Morgan fingerprint density at radius 1 is 1.15 bits per heavy atom. The Labute approximate surface area is 157 Å². The third kappa shape index (κ3) is 5.47. The summed E-state index contributed by atoms with van der Waals surface area (Å²) in [5.74, 6) is 0.575. The van der Waals surface area contributed by atoms with E-state index >= 15 is 0 Å². The number of likely N-dealkylation sites (tertiary alicyclic amines) is 2. The first kappa shape index (κ1) is 18.7. The molecule has 5 heteroatoms. The Kier molecular flexibility index (Phi) is 6.90. The predicted molar refractivity (Wildman–Crippen MR) is 103 cm³/mol. The highest BCUT2D eigenvalue weighted by Crippen LogP contribution is 2.18. The Balaban J connectivity index is 1.32. The maximum Gasteiger partial charge on any atom is 0.317 e. The average molecular weight is 354 g/mol. The van der Waals surface area contributed by atoms with Gasteiger partial charge in [0.05, 0.1) is 12.0 Å². The van der Waals surface area contributed by atoms with E-state index < -0.39 is 0 Å². The highest BCUT2D eigenvalue weighted by atomic mass is 16.2. The summed E-state index contributed by atoms with van der Waals surface area (Å²) in [6.07, 6.45) is 5.26. The zero-order valence-electron chi connectivity index (χ0n) is 15.6. The number of carbonyl (C=O) groups excluding carboxylic acids is 1. The molecule has 140 valence electrons. The summed E-state index contributed by atoms with van der Waals surface area (Å²) in [7, 11) is 0. The molecule has 2 fully saturated rings. The number of piperidine rings is 2. The quantitative estimate of drug-likeness (QED) is 0.884. The van der Waals surface area contributed by atoms with Crippen LogP contribution in [0.3, 0.4) is 0 Å². The summed E-state index contributed by atoms with van der Waals surface area (Å²) < 4.78 is 0. The molecule has 1 aromatic rings. The molecule has 26 heavy (non-hydrogen) atoms. The molecule has 1 atom stereocenters. The average Bonchev–Trinajstić information content (AvgIpc) is 2.72. The van der Waals surface area contributed by atoms with Crippen LogP contribution in [-0.2, 0) is 6.42 Å². The monoisotopic (exact) mass is 354 g/mol. The van der Waals surface area contributed by atoms with E-state index in [1.807, 2.05) is 4.90 Å². The number of amides is 2. The van der Waals surface area contributed by atoms with E-state index in [1.165, 1.54) is 5.56 Å². The van der Waals surface area contributed by atoms with Crippen molar-refractivity contribution in [3.63, 3.8) is 0 Å². The molecule has 2 aliphatic heterocycles. The van der Waals surface area contributed by atoms with Crippen LogP contribution in [0.15, 0.2) is 30.3 Å². The van der Waals surface area contributed by atoms with Gasteiger partial charge >= 0.3 is 6.03 Å². The van der Waals surface area contributed by atoms with E-state index in [9.17, 15) is 4.79 Å². The second-order valence-corrected chi connectivity index (χ2v) is 7.62. The number of hydrogen-bond donors (Lipinski definition) is 1. The van der Waals surface area contributed by atoms with Gasteiger partial charge in [-0.25, -0.2) is 4.79 Å². The summed E-state index contributed by atoms with van der Waals surface area (Å²) in [5, 5.41) is 12.2. The van der Waals surface area contributed by atoms with Gasteiger partial charge in [-0.15, -0.1) is 0 Å². The number of urea groups is 1. The summed E-state index contributed by atoms with van der Waals surface area (Å²) in [5.41, 5.74) is 1.40. The Morgan fingerprint density at radius 2 is 1.92 bits per heavy atom. The van der Waals surface area contributed by atoms with Gasteiger partial charge in [-0.1, -0.05) is 30.3 Å². The third-order valence-corrected chi connectivity index (χ3v) is 5.70. The smallest absolute Gasteiger partial charge is 0.317 e. The molecule has 0 spiro atoms. The molecule has 2 heterocycles. The molecule has 0 aliphatic carbocycles. The van der Waals surface area contributed by atoms with Gasteiger partial charge in [0.25, 0.3) is 0 Å². The fraction of sp³-hybridized carbons (Fsp3) is 0.619. The Bertz CT molecular complexity index is 604. The number of benzene rings is 1. The summed E-state index contributed by atoms with van der Waals surface area (Å²) in [4.78, 5) is 16.7. The van der Waals surface area contributed by atoms with Gasteiger partial charge in [0.15, 0.2) is 0 Å². The first-order chi connectivity index (χ1) is 12.7. The van der Waals surface area contributed by atoms with Gasteiger partial charge in [0, 0.05) is 26.2 Å². The predicted octanol–water partition coefficient (Wildman–Crippen LogP) is 2.89. The maximum absolute atomic E-state index is 12.3. The zero-order chi connectivity index (χ0) is 18.2. The molecule has 0 unspecified atom stereocenters. The molecule has 2 aliphatic rings. The third-order valence-electron chi connectivity index (χ3n) is 5.70. The molecule has 2 saturated heterocycles. The molecule has 1 aromatic carbocycles. The van der Waals surface area contributed by atoms with Crippen molar-refractivity contribution in [3.05, 3.63) is 35.9 Å². The molecular weight excluding hydrogens is 324 g/mol. The zero-order valence-corrected chi connectivity index (χ0v) is 15.6. The summed E-state index contributed by atoms with van der Waals surface area (Å²) >= 11 is 0. The van der Waals surface area contributed by atoms with Crippen LogP contribution in [-0.4, -0.2) is 55.1 Å². The van der Waals surface area contributed by atoms with Gasteiger partial charge in [0.1, 0.15) is 0 Å². The highest BCUT2D eigenvalue weighted by Gasteiger charge is 2.24. The van der Waals surface area contributed by atoms with Crippen molar-refractivity contribution in [1.29, 1.82) is 5.26 Å². The molecule has 0 saturated carbocycles. The van der Waals surface area contributed by atoms with Gasteiger partial charge in [-0.3, -0.25) is 0 Å². The molecular formula is C21H30N4O. The van der Waals surface area contributed by atoms with Gasteiger partial charge in [-0.05, 0) is 56.7 Å². The molecule has 1 N–H and O–H groups in total. The van der Waals surface area contributed by atoms with Gasteiger partial charge in [-0.2, -0.15) is 5.26 Å². The van der Waals surface area contributed by atoms with Crippen molar-refractivity contribution in [2.24, 2.45) is 11.8 Å². The molecule has 5 nitrogen and oxygen atoms in total. The maximum atomic E-state index is 12.3. The lowest BCUT2D eigenvalue weighted by atomic mass is 9.96. The molecule has 0 radical (unpaired) electrons. The van der Waals surface area contributed by atoms with Crippen molar-refractivity contribution in [2.75, 3.05) is 39.3 Å². The first-order valence-electron chi connectivity index (χ1n) is 9.93. The highest BCUT2D eigenvalue weighted by molar-refractivity contribution is 5.74. The lowest BCUT2D eigenvalue weighted by Gasteiger charge is -2.33. The van der Waals surface area contributed by atoms with Crippen molar-refractivity contribution < 1.29 is 4.79 Å². The van der Waals surface area contributed by atoms with E-state index in [4.69, 9.17) is 5.26 Å². The second kappa shape index (κ2) is 9.59. The van der Waals surface area contributed by atoms with Crippen LogP contribution in [0.2, 0.25) is 0 Å². The summed E-state index contributed by atoms with van der Waals surface area (Å²) in [6, 6.07) is 13.0. The van der Waals surface area contributed by atoms with Gasteiger partial charge in [0.2, 0.25) is 0 Å². The minimum atomic E-state index is 0.00218. The van der Waals surface area contributed by atoms with Crippen LogP contribution in [0, 0.1) is 23.2 Å². The van der Waals surface area contributed by atoms with Crippen molar-refractivity contribution in [1.82, 2.24) is 15.1 Å². The summed E-state index contributed by atoms with van der Waals surface area (Å²) in [6.45, 7) is 5.48. The van der Waals surface area contributed by atoms with Gasteiger partial charge < -0.3 is 15.1 Å². The minimum Gasteiger partial charge on any atom is -0.338 e. The lowest BCUT2D eigenvalue weighted by Crippen LogP contribution is -2.47. The van der Waals surface area contributed by atoms with Crippen LogP contribution in [0.1, 0.15) is 31.2 Å². The molecule has 3 rings (SSSR count). The van der Waals surface area contributed by atoms with Crippen LogP contribution in [0.25, 0.3) is 0 Å². The van der Waals surface area contributed by atoms with E-state index in [0.717, 1.165) is 64.8 Å². The Hall–Kier alpha value is -2.06. The van der Waals surface area contributed by atoms with E-state index in [-0.39, 0.29) is 11.9 Å². The number of nitrogens with one attached hydrogen (secondary N) is 1. The number of rotatable bonds is 5. The van der Waals surface area contributed by atoms with E-state index in [0.29, 0.717) is 12.5 Å². The van der Waals surface area contributed by atoms with E-state index in [1.54, 1.807) is 0 Å². The molecule has 0 bridgehead atoms. The fourth-order valence-corrected chi connectivity index (χ4v) is 3.96. The van der Waals surface area contributed by atoms with Crippen molar-refractivity contribution in [2.45, 2.75) is 32.1 Å². The standard InChI is InChI=1S/C21H30N4O/c22-15-20-7-4-11-25(17-20)21(26)23-16-19-9-13-24(14-10-19)12-8-18-5-2-1-3-6-18/h1-3,5-6,19-20H,4,7-14,16-17H2,(H,23,26)/t20-/m1/s1. The van der Waals surface area contributed by atoms with Crippen LogP contribution < -0.4 is 5.32 Å². The number of hydrogen-bond acceptors (Lipinski definition) is 3. The number of nitriles is 1. The second-order valence-electron chi connectivity index (χ2n) is 7.62. The number of carbonyl (C=O) groups is 1. The van der Waals surface area contributed by atoms with E-state index in [2.05, 4.69) is 46.6 Å². The normalized spacial score (nSPS) is 22.0. The fourth-order valence-electron chi connectivity index (χ4n) is 3.96. The molecule has 0 aromatic heterocycles. The topological polar surface area (TPSA) is 59.4 Å².